The predicted octanol–water partition coefficient (Wildman–Crippen LogP) is 2.46. The van der Waals surface area contributed by atoms with Crippen molar-refractivity contribution < 1.29 is 5.11 Å². The van der Waals surface area contributed by atoms with Gasteiger partial charge < -0.3 is 15.7 Å². The van der Waals surface area contributed by atoms with Crippen molar-refractivity contribution in [2.24, 2.45) is 4.99 Å². The Hall–Kier alpha value is -1.39. The van der Waals surface area contributed by atoms with Gasteiger partial charge in [-0.2, -0.15) is 5.10 Å². The number of fused-ring (bicyclic) bond motifs is 1. The van der Waals surface area contributed by atoms with E-state index in [4.69, 9.17) is 11.6 Å². The van der Waals surface area contributed by atoms with Crippen molar-refractivity contribution in [3.8, 4) is 0 Å². The standard InChI is InChI=1S/C18H25ClN6O.HI/c1-3-20-18(21-10-16(26)14-6-4-5-7-15(14)19)23-13-8-9-17-22-12(2)24-25(17)11-13;/h4-7,13,16,26H,3,8-11H2,1-2H3,(H2,20,21,23);1H. The molecular weight excluding hydrogens is 479 g/mol. The van der Waals surface area contributed by atoms with Crippen LogP contribution in [0.1, 0.15) is 36.7 Å². The van der Waals surface area contributed by atoms with Crippen LogP contribution in [0.5, 0.6) is 0 Å². The second-order valence-electron chi connectivity index (χ2n) is 6.39. The molecule has 1 aliphatic heterocycles. The lowest BCUT2D eigenvalue weighted by atomic mass is 10.1. The Labute approximate surface area is 181 Å². The van der Waals surface area contributed by atoms with E-state index in [0.29, 0.717) is 16.5 Å². The number of hydrogen-bond acceptors (Lipinski definition) is 4. The third kappa shape index (κ3) is 5.79. The summed E-state index contributed by atoms with van der Waals surface area (Å²) in [5.41, 5.74) is 0.689. The first-order chi connectivity index (χ1) is 12.6. The fourth-order valence-electron chi connectivity index (χ4n) is 3.09. The van der Waals surface area contributed by atoms with E-state index in [1.165, 1.54) is 0 Å². The minimum Gasteiger partial charge on any atom is -0.386 e. The first-order valence-corrected chi connectivity index (χ1v) is 9.32. The summed E-state index contributed by atoms with van der Waals surface area (Å²) in [6, 6.07) is 7.51. The molecule has 148 valence electrons. The van der Waals surface area contributed by atoms with Gasteiger partial charge in [0.1, 0.15) is 17.8 Å². The number of aliphatic hydroxyl groups is 1. The zero-order valence-corrected chi connectivity index (χ0v) is 18.6. The van der Waals surface area contributed by atoms with Gasteiger partial charge in [0.2, 0.25) is 0 Å². The Morgan fingerprint density at radius 1 is 1.44 bits per heavy atom. The summed E-state index contributed by atoms with van der Waals surface area (Å²) in [5.74, 6) is 2.53. The van der Waals surface area contributed by atoms with E-state index in [1.54, 1.807) is 6.07 Å². The van der Waals surface area contributed by atoms with Gasteiger partial charge in [0, 0.05) is 29.6 Å². The van der Waals surface area contributed by atoms with Crippen LogP contribution < -0.4 is 10.6 Å². The number of nitrogens with one attached hydrogen (secondary N) is 2. The Morgan fingerprint density at radius 2 is 2.22 bits per heavy atom. The number of nitrogens with zero attached hydrogens (tertiary/aromatic N) is 4. The van der Waals surface area contributed by atoms with Crippen molar-refractivity contribution in [3.05, 3.63) is 46.5 Å². The minimum absolute atomic E-state index is 0. The molecule has 3 N–H and O–H groups in total. The maximum atomic E-state index is 10.4. The van der Waals surface area contributed by atoms with Crippen molar-refractivity contribution in [2.75, 3.05) is 13.1 Å². The maximum Gasteiger partial charge on any atom is 0.191 e. The molecule has 0 bridgehead atoms. The molecule has 1 aromatic heterocycles. The summed E-state index contributed by atoms with van der Waals surface area (Å²) in [5, 5.41) is 22.0. The second-order valence-corrected chi connectivity index (χ2v) is 6.80. The first kappa shape index (κ1) is 21.9. The zero-order valence-electron chi connectivity index (χ0n) is 15.5. The summed E-state index contributed by atoms with van der Waals surface area (Å²) < 4.78 is 1.96. The Morgan fingerprint density at radius 3 is 2.96 bits per heavy atom. The van der Waals surface area contributed by atoms with E-state index in [-0.39, 0.29) is 36.6 Å². The van der Waals surface area contributed by atoms with Crippen LogP contribution in [0.4, 0.5) is 0 Å². The van der Waals surface area contributed by atoms with Crippen LogP contribution in [0.2, 0.25) is 5.02 Å². The average Bonchev–Trinajstić information content (AvgIpc) is 2.99. The zero-order chi connectivity index (χ0) is 18.5. The molecule has 0 saturated heterocycles. The SMILES string of the molecule is CCNC(=NCC(O)c1ccccc1Cl)NC1CCc2nc(C)nn2C1.I. The number of halogens is 2. The van der Waals surface area contributed by atoms with E-state index in [2.05, 4.69) is 25.7 Å². The number of benzene rings is 1. The molecule has 0 amide bonds. The summed E-state index contributed by atoms with van der Waals surface area (Å²) >= 11 is 6.15. The van der Waals surface area contributed by atoms with E-state index < -0.39 is 6.10 Å². The molecule has 2 atom stereocenters. The van der Waals surface area contributed by atoms with Gasteiger partial charge in [-0.3, -0.25) is 4.99 Å². The lowest BCUT2D eigenvalue weighted by Gasteiger charge is -2.25. The highest BCUT2D eigenvalue weighted by Crippen LogP contribution is 2.22. The van der Waals surface area contributed by atoms with E-state index >= 15 is 0 Å². The molecule has 0 saturated carbocycles. The third-order valence-corrected chi connectivity index (χ3v) is 4.68. The molecule has 0 aliphatic carbocycles. The van der Waals surface area contributed by atoms with Crippen LogP contribution in [0.3, 0.4) is 0 Å². The molecule has 0 spiro atoms. The number of hydrogen-bond donors (Lipinski definition) is 3. The van der Waals surface area contributed by atoms with Crippen LogP contribution >= 0.6 is 35.6 Å². The molecule has 1 aromatic carbocycles. The molecule has 2 unspecified atom stereocenters. The van der Waals surface area contributed by atoms with Gasteiger partial charge in [0.15, 0.2) is 5.96 Å². The van der Waals surface area contributed by atoms with Crippen LogP contribution in [0, 0.1) is 6.92 Å². The Bertz CT molecular complexity index is 781. The van der Waals surface area contributed by atoms with Gasteiger partial charge in [-0.1, -0.05) is 29.8 Å². The van der Waals surface area contributed by atoms with Gasteiger partial charge in [0.05, 0.1) is 13.1 Å². The fourth-order valence-corrected chi connectivity index (χ4v) is 3.35. The summed E-state index contributed by atoms with van der Waals surface area (Å²) in [7, 11) is 0. The van der Waals surface area contributed by atoms with E-state index in [0.717, 1.165) is 37.6 Å². The number of aromatic nitrogens is 3. The first-order valence-electron chi connectivity index (χ1n) is 8.94. The Kier molecular flexibility index (Phi) is 8.30. The summed E-state index contributed by atoms with van der Waals surface area (Å²) in [6.07, 6.45) is 1.12. The van der Waals surface area contributed by atoms with Crippen molar-refractivity contribution in [1.29, 1.82) is 0 Å². The highest BCUT2D eigenvalue weighted by atomic mass is 127. The largest absolute Gasteiger partial charge is 0.386 e. The topological polar surface area (TPSA) is 87.4 Å². The van der Waals surface area contributed by atoms with Crippen molar-refractivity contribution in [2.45, 2.75) is 45.4 Å². The summed E-state index contributed by atoms with van der Waals surface area (Å²) in [4.78, 5) is 8.96. The number of guanidine groups is 1. The van der Waals surface area contributed by atoms with Gasteiger partial charge in [-0.05, 0) is 26.3 Å². The molecule has 2 aromatic rings. The molecule has 9 heteroatoms. The highest BCUT2D eigenvalue weighted by Gasteiger charge is 2.21. The molecule has 1 aliphatic rings. The highest BCUT2D eigenvalue weighted by molar-refractivity contribution is 14.0. The normalized spacial score (nSPS) is 17.6. The van der Waals surface area contributed by atoms with Gasteiger partial charge >= 0.3 is 0 Å². The lowest BCUT2D eigenvalue weighted by Crippen LogP contribution is -2.47. The summed E-state index contributed by atoms with van der Waals surface area (Å²) in [6.45, 7) is 5.67. The van der Waals surface area contributed by atoms with E-state index in [9.17, 15) is 5.11 Å². The fraction of sp³-hybridized carbons (Fsp3) is 0.500. The minimum atomic E-state index is -0.741. The molecular formula is C18H26ClIN6O. The number of rotatable bonds is 5. The van der Waals surface area contributed by atoms with E-state index in [1.807, 2.05) is 36.7 Å². The Balaban J connectivity index is 0.00000261. The van der Waals surface area contributed by atoms with Crippen molar-refractivity contribution in [1.82, 2.24) is 25.4 Å². The quantitative estimate of drug-likeness (QED) is 0.331. The molecule has 2 heterocycles. The maximum absolute atomic E-state index is 10.4. The smallest absolute Gasteiger partial charge is 0.191 e. The average molecular weight is 505 g/mol. The molecule has 3 rings (SSSR count). The van der Waals surface area contributed by atoms with Crippen LogP contribution in [-0.4, -0.2) is 45.0 Å². The monoisotopic (exact) mass is 504 g/mol. The number of aryl methyl sites for hydroxylation is 2. The number of aliphatic hydroxyl groups excluding tert-OH is 1. The second kappa shape index (κ2) is 10.2. The van der Waals surface area contributed by atoms with Gasteiger partial charge in [0.25, 0.3) is 0 Å². The van der Waals surface area contributed by atoms with Gasteiger partial charge in [-0.25, -0.2) is 9.67 Å². The van der Waals surface area contributed by atoms with Gasteiger partial charge in [-0.15, -0.1) is 24.0 Å². The predicted molar refractivity (Wildman–Crippen MR) is 118 cm³/mol. The lowest BCUT2D eigenvalue weighted by molar-refractivity contribution is 0.187. The van der Waals surface area contributed by atoms with Crippen molar-refractivity contribution in [3.63, 3.8) is 0 Å². The molecule has 0 fully saturated rings. The van der Waals surface area contributed by atoms with Crippen LogP contribution in [0.25, 0.3) is 0 Å². The van der Waals surface area contributed by atoms with Crippen LogP contribution in [0.15, 0.2) is 29.3 Å². The molecule has 0 radical (unpaired) electrons. The number of aliphatic imine (C=N–C) groups is 1. The third-order valence-electron chi connectivity index (χ3n) is 4.34. The van der Waals surface area contributed by atoms with Crippen molar-refractivity contribution >= 4 is 41.5 Å². The molecule has 27 heavy (non-hydrogen) atoms. The van der Waals surface area contributed by atoms with Crippen LogP contribution in [-0.2, 0) is 13.0 Å². The molecule has 7 nitrogen and oxygen atoms in total.